The third-order valence-corrected chi connectivity index (χ3v) is 2.58. The molecule has 1 rings (SSSR count). The molecule has 0 saturated carbocycles. The number of rotatable bonds is 3. The summed E-state index contributed by atoms with van der Waals surface area (Å²) in [6.45, 7) is 7.92. The fourth-order valence-corrected chi connectivity index (χ4v) is 1.29. The molecule has 22 heavy (non-hydrogen) atoms. The SMILES string of the molecule is CC(C)(C)c1cc[c-]cc1.CN(C)CCN(C)C.F[CH-]F.[Pd+2]. The number of hydrogen-bond donors (Lipinski definition) is 0. The molecule has 5 heteroatoms. The minimum atomic E-state index is -1.00. The van der Waals surface area contributed by atoms with Gasteiger partial charge in [-0.05, 0) is 40.5 Å². The van der Waals surface area contributed by atoms with Crippen LogP contribution in [0.3, 0.4) is 0 Å². The van der Waals surface area contributed by atoms with Crippen molar-refractivity contribution < 1.29 is 29.2 Å². The number of likely N-dealkylation sites (N-methyl/N-ethyl adjacent to an activating group) is 2. The van der Waals surface area contributed by atoms with Gasteiger partial charge >= 0.3 is 20.4 Å². The molecule has 0 bridgehead atoms. The smallest absolute Gasteiger partial charge is 0.425 e. The monoisotopic (exact) mass is 406 g/mol. The van der Waals surface area contributed by atoms with Gasteiger partial charge in [-0.1, -0.05) is 20.8 Å². The van der Waals surface area contributed by atoms with Gasteiger partial charge in [-0.2, -0.15) is 35.9 Å². The van der Waals surface area contributed by atoms with E-state index in [-0.39, 0.29) is 25.8 Å². The number of benzene rings is 1. The van der Waals surface area contributed by atoms with Crippen molar-refractivity contribution >= 4 is 0 Å². The van der Waals surface area contributed by atoms with E-state index in [1.54, 1.807) is 0 Å². The third kappa shape index (κ3) is 19.7. The maximum absolute atomic E-state index is 9.50. The quantitative estimate of drug-likeness (QED) is 0.554. The van der Waals surface area contributed by atoms with Crippen molar-refractivity contribution in [1.82, 2.24) is 9.80 Å². The van der Waals surface area contributed by atoms with Crippen LogP contribution in [0.25, 0.3) is 0 Å². The van der Waals surface area contributed by atoms with Crippen LogP contribution in [-0.2, 0) is 25.8 Å². The molecule has 0 radical (unpaired) electrons. The summed E-state index contributed by atoms with van der Waals surface area (Å²) in [5.74, 6) is 0. The first-order chi connectivity index (χ1) is 9.65. The van der Waals surface area contributed by atoms with Gasteiger partial charge < -0.3 is 18.6 Å². The zero-order chi connectivity index (χ0) is 16.9. The van der Waals surface area contributed by atoms with Crippen LogP contribution in [0.4, 0.5) is 8.78 Å². The van der Waals surface area contributed by atoms with Crippen molar-refractivity contribution in [3.05, 3.63) is 42.8 Å². The first-order valence-electron chi connectivity index (χ1n) is 6.93. The summed E-state index contributed by atoms with van der Waals surface area (Å²) in [5, 5.41) is 0. The Morgan fingerprint density at radius 1 is 0.955 bits per heavy atom. The van der Waals surface area contributed by atoms with Gasteiger partial charge in [0.15, 0.2) is 0 Å². The van der Waals surface area contributed by atoms with E-state index in [1.807, 2.05) is 12.1 Å². The minimum absolute atomic E-state index is 0. The van der Waals surface area contributed by atoms with Gasteiger partial charge in [-0.25, -0.2) is 0 Å². The van der Waals surface area contributed by atoms with Crippen LogP contribution in [0.5, 0.6) is 0 Å². The Bertz CT molecular complexity index is 317. The zero-order valence-corrected chi connectivity index (χ0v) is 16.3. The standard InChI is InChI=1S/C10H13.C6H16N2.CHF2.Pd/c1-10(2,3)9-7-5-4-6-8-9;1-7(2)5-6-8(3)4;2-1-3;/h5-8H,1-3H3;5-6H2,1-4H3;1H;/q-1;;-1;+2. The Morgan fingerprint density at radius 2 is 1.27 bits per heavy atom. The van der Waals surface area contributed by atoms with Gasteiger partial charge in [0.05, 0.1) is 0 Å². The molecule has 1 aromatic rings. The number of halogens is 2. The van der Waals surface area contributed by atoms with Gasteiger partial charge in [0, 0.05) is 13.1 Å². The van der Waals surface area contributed by atoms with E-state index in [0.717, 1.165) is 13.1 Å². The normalized spacial score (nSPS) is 10.1. The van der Waals surface area contributed by atoms with E-state index in [0.29, 0.717) is 0 Å². The van der Waals surface area contributed by atoms with E-state index in [4.69, 9.17) is 0 Å². The molecule has 0 N–H and O–H groups in total. The summed E-state index contributed by atoms with van der Waals surface area (Å²) in [7, 11) is 8.35. The zero-order valence-electron chi connectivity index (χ0n) is 14.8. The molecule has 0 heterocycles. The average Bonchev–Trinajstić information content (AvgIpc) is 2.38. The van der Waals surface area contributed by atoms with E-state index in [9.17, 15) is 8.78 Å². The van der Waals surface area contributed by atoms with Gasteiger partial charge in [0.1, 0.15) is 0 Å². The summed E-state index contributed by atoms with van der Waals surface area (Å²) in [6, 6.07) is 11.1. The van der Waals surface area contributed by atoms with Gasteiger partial charge in [-0.3, -0.25) is 0 Å². The minimum Gasteiger partial charge on any atom is -0.425 e. The molecule has 132 valence electrons. The maximum Gasteiger partial charge on any atom is 2.00 e. The fourth-order valence-electron chi connectivity index (χ4n) is 1.29. The second-order valence-corrected chi connectivity index (χ2v) is 6.23. The molecule has 0 aromatic heterocycles. The molecule has 2 nitrogen and oxygen atoms in total. The molecule has 0 atom stereocenters. The predicted octanol–water partition coefficient (Wildman–Crippen LogP) is 3.94. The van der Waals surface area contributed by atoms with Crippen molar-refractivity contribution in [3.63, 3.8) is 0 Å². The Kier molecular flexibility index (Phi) is 18.8. The van der Waals surface area contributed by atoms with Crippen LogP contribution in [0, 0.1) is 13.0 Å². The largest absolute Gasteiger partial charge is 2.00 e. The van der Waals surface area contributed by atoms with Crippen LogP contribution < -0.4 is 0 Å². The van der Waals surface area contributed by atoms with Crippen LogP contribution in [0.1, 0.15) is 26.3 Å². The third-order valence-electron chi connectivity index (χ3n) is 2.58. The topological polar surface area (TPSA) is 6.48 Å². The van der Waals surface area contributed by atoms with Gasteiger partial charge in [0.2, 0.25) is 0 Å². The maximum atomic E-state index is 9.50. The fraction of sp³-hybridized carbons (Fsp3) is 0.588. The first-order valence-corrected chi connectivity index (χ1v) is 6.93. The van der Waals surface area contributed by atoms with E-state index < -0.39 is 6.93 Å². The Morgan fingerprint density at radius 3 is 1.45 bits per heavy atom. The van der Waals surface area contributed by atoms with Crippen molar-refractivity contribution in [3.8, 4) is 0 Å². The molecule has 0 amide bonds. The second-order valence-electron chi connectivity index (χ2n) is 6.23. The molecule has 0 fully saturated rings. The van der Waals surface area contributed by atoms with Crippen molar-refractivity contribution in [2.75, 3.05) is 41.3 Å². The molecule has 0 aliphatic heterocycles. The van der Waals surface area contributed by atoms with E-state index >= 15 is 0 Å². The molecular formula is C17H30F2N2Pd. The predicted molar refractivity (Wildman–Crippen MR) is 87.6 cm³/mol. The molecule has 0 spiro atoms. The number of hydrogen-bond acceptors (Lipinski definition) is 2. The molecule has 0 aliphatic rings. The summed E-state index contributed by atoms with van der Waals surface area (Å²) in [5.41, 5.74) is 1.64. The average molecular weight is 407 g/mol. The van der Waals surface area contributed by atoms with E-state index in [1.165, 1.54) is 5.56 Å². The van der Waals surface area contributed by atoms with Crippen LogP contribution in [0.15, 0.2) is 24.3 Å². The first kappa shape index (κ1) is 26.6. The van der Waals surface area contributed by atoms with Crippen molar-refractivity contribution in [2.24, 2.45) is 0 Å². The summed E-state index contributed by atoms with van der Waals surface area (Å²) < 4.78 is 19.0. The van der Waals surface area contributed by atoms with Gasteiger partial charge in [0.25, 0.3) is 0 Å². The van der Waals surface area contributed by atoms with Crippen LogP contribution >= 0.6 is 0 Å². The molecule has 0 aliphatic carbocycles. The summed E-state index contributed by atoms with van der Waals surface area (Å²) in [6.07, 6.45) is 0. The Hall–Kier alpha value is -0.338. The second kappa shape index (κ2) is 15.6. The molecule has 0 unspecified atom stereocenters. The van der Waals surface area contributed by atoms with E-state index in [2.05, 4.69) is 77.0 Å². The van der Waals surface area contributed by atoms with Crippen LogP contribution in [-0.4, -0.2) is 51.1 Å². The summed E-state index contributed by atoms with van der Waals surface area (Å²) >= 11 is 0. The number of nitrogens with zero attached hydrogens (tertiary/aromatic N) is 2. The summed E-state index contributed by atoms with van der Waals surface area (Å²) in [4.78, 5) is 4.36. The van der Waals surface area contributed by atoms with Crippen LogP contribution in [0.2, 0.25) is 0 Å². The molecular weight excluding hydrogens is 377 g/mol. The molecule has 1 aromatic carbocycles. The van der Waals surface area contributed by atoms with Gasteiger partial charge in [-0.15, -0.1) is 0 Å². The van der Waals surface area contributed by atoms with Crippen molar-refractivity contribution in [2.45, 2.75) is 26.2 Å². The van der Waals surface area contributed by atoms with Crippen molar-refractivity contribution in [1.29, 1.82) is 0 Å². The Labute approximate surface area is 149 Å². The Balaban J connectivity index is -0.000000273. The molecule has 0 saturated heterocycles.